The maximum absolute atomic E-state index is 2.50. The number of benzene rings is 9. The van der Waals surface area contributed by atoms with Gasteiger partial charge in [0.25, 0.3) is 0 Å². The molecule has 0 saturated carbocycles. The fourth-order valence-electron chi connectivity index (χ4n) is 9.18. The third-order valence-electron chi connectivity index (χ3n) is 11.9. The SMILES string of the molecule is CC1(C)c2ccccc2-c2c(-c3cccc(N(c4ccccc4-c4ccccc4)c4cccc(-c5ccccc5)c4-c4ccccc4-c4ccccc4)c3)cccc21. The summed E-state index contributed by atoms with van der Waals surface area (Å²) in [6.07, 6.45) is 0. The second-order valence-electron chi connectivity index (χ2n) is 15.6. The van der Waals surface area contributed by atoms with Gasteiger partial charge in [0.15, 0.2) is 0 Å². The third-order valence-corrected chi connectivity index (χ3v) is 11.9. The van der Waals surface area contributed by atoms with Crippen molar-refractivity contribution in [3.8, 4) is 66.8 Å². The highest BCUT2D eigenvalue weighted by atomic mass is 15.1. The van der Waals surface area contributed by atoms with Gasteiger partial charge in [-0.2, -0.15) is 0 Å². The minimum absolute atomic E-state index is 0.0842. The fourth-order valence-corrected chi connectivity index (χ4v) is 9.18. The lowest BCUT2D eigenvalue weighted by Crippen LogP contribution is -2.14. The van der Waals surface area contributed by atoms with E-state index < -0.39 is 0 Å². The molecule has 1 aliphatic carbocycles. The van der Waals surface area contributed by atoms with Gasteiger partial charge in [-0.3, -0.25) is 0 Å². The summed E-state index contributed by atoms with van der Waals surface area (Å²) in [5, 5.41) is 0. The van der Waals surface area contributed by atoms with Crippen molar-refractivity contribution < 1.29 is 0 Å². The molecule has 9 aromatic rings. The lowest BCUT2D eigenvalue weighted by atomic mass is 9.82. The van der Waals surface area contributed by atoms with Gasteiger partial charge in [-0.1, -0.05) is 214 Å². The van der Waals surface area contributed by atoms with Crippen molar-refractivity contribution in [3.05, 3.63) is 236 Å². The van der Waals surface area contributed by atoms with Crippen LogP contribution in [-0.2, 0) is 5.41 Å². The molecular weight excluding hydrogens is 699 g/mol. The van der Waals surface area contributed by atoms with Gasteiger partial charge in [-0.25, -0.2) is 0 Å². The highest BCUT2D eigenvalue weighted by Gasteiger charge is 2.36. The first-order valence-electron chi connectivity index (χ1n) is 20.2. The van der Waals surface area contributed by atoms with Gasteiger partial charge >= 0.3 is 0 Å². The zero-order valence-corrected chi connectivity index (χ0v) is 32.8. The molecule has 58 heavy (non-hydrogen) atoms. The molecule has 1 nitrogen and oxygen atoms in total. The number of para-hydroxylation sites is 1. The number of hydrogen-bond donors (Lipinski definition) is 0. The number of nitrogens with zero attached hydrogens (tertiary/aromatic N) is 1. The van der Waals surface area contributed by atoms with Crippen LogP contribution >= 0.6 is 0 Å². The van der Waals surface area contributed by atoms with Crippen LogP contribution in [0, 0.1) is 0 Å². The molecule has 276 valence electrons. The van der Waals surface area contributed by atoms with Gasteiger partial charge < -0.3 is 4.90 Å². The van der Waals surface area contributed by atoms with Crippen LogP contribution in [0.3, 0.4) is 0 Å². The van der Waals surface area contributed by atoms with E-state index in [-0.39, 0.29) is 5.41 Å². The molecule has 0 heterocycles. The average Bonchev–Trinajstić information content (AvgIpc) is 3.53. The lowest BCUT2D eigenvalue weighted by molar-refractivity contribution is 0.660. The van der Waals surface area contributed by atoms with Crippen LogP contribution in [0.4, 0.5) is 17.1 Å². The van der Waals surface area contributed by atoms with Gasteiger partial charge in [0.05, 0.1) is 11.4 Å². The molecule has 0 atom stereocenters. The van der Waals surface area contributed by atoms with Crippen molar-refractivity contribution in [1.29, 1.82) is 0 Å². The first-order chi connectivity index (χ1) is 28.6. The lowest BCUT2D eigenvalue weighted by Gasteiger charge is -2.32. The normalized spacial score (nSPS) is 12.4. The van der Waals surface area contributed by atoms with Crippen molar-refractivity contribution in [2.75, 3.05) is 4.90 Å². The molecule has 9 aromatic carbocycles. The van der Waals surface area contributed by atoms with Gasteiger partial charge in [0.1, 0.15) is 0 Å². The number of fused-ring (bicyclic) bond motifs is 3. The van der Waals surface area contributed by atoms with E-state index in [1.807, 2.05) is 0 Å². The van der Waals surface area contributed by atoms with Gasteiger partial charge in [0.2, 0.25) is 0 Å². The fraction of sp³-hybridized carbons (Fsp3) is 0.0526. The Morgan fingerprint density at radius 2 is 0.724 bits per heavy atom. The number of hydrogen-bond acceptors (Lipinski definition) is 1. The third kappa shape index (κ3) is 6.04. The molecule has 0 radical (unpaired) electrons. The van der Waals surface area contributed by atoms with E-state index >= 15 is 0 Å². The standard InChI is InChI=1S/C57H43N/c1-57(2)51-35-16-14-32-50(51)55-48(33-19-36-52(55)57)43-27-18-28-44(39-43)58(53-37-17-15-30-46(53)41-23-8-4-9-24-41)54-38-20-34-47(42-25-10-5-11-26-42)56(54)49-31-13-12-29-45(49)40-21-6-3-7-22-40/h3-39H,1-2H3. The van der Waals surface area contributed by atoms with E-state index in [9.17, 15) is 0 Å². The van der Waals surface area contributed by atoms with E-state index in [2.05, 4.69) is 243 Å². The topological polar surface area (TPSA) is 3.24 Å². The second kappa shape index (κ2) is 14.7. The van der Waals surface area contributed by atoms with Crippen LogP contribution in [-0.4, -0.2) is 0 Å². The molecule has 0 bridgehead atoms. The van der Waals surface area contributed by atoms with Gasteiger partial charge in [-0.15, -0.1) is 0 Å². The maximum Gasteiger partial charge on any atom is 0.0546 e. The van der Waals surface area contributed by atoms with E-state index in [0.717, 1.165) is 22.6 Å². The van der Waals surface area contributed by atoms with Crippen molar-refractivity contribution in [2.24, 2.45) is 0 Å². The minimum atomic E-state index is -0.0842. The summed E-state index contributed by atoms with van der Waals surface area (Å²) in [5.41, 5.74) is 20.5. The molecule has 1 heteroatoms. The molecule has 1 aliphatic rings. The zero-order valence-electron chi connectivity index (χ0n) is 32.8. The summed E-state index contributed by atoms with van der Waals surface area (Å²) in [7, 11) is 0. The molecule has 0 N–H and O–H groups in total. The summed E-state index contributed by atoms with van der Waals surface area (Å²) >= 11 is 0. The predicted octanol–water partition coefficient (Wildman–Crippen LogP) is 15.8. The molecule has 0 saturated heterocycles. The second-order valence-corrected chi connectivity index (χ2v) is 15.6. The molecule has 0 unspecified atom stereocenters. The summed E-state index contributed by atoms with van der Waals surface area (Å²) < 4.78 is 0. The zero-order chi connectivity index (χ0) is 39.1. The van der Waals surface area contributed by atoms with Crippen LogP contribution in [0.1, 0.15) is 25.0 Å². The van der Waals surface area contributed by atoms with Crippen LogP contribution in [0.25, 0.3) is 66.8 Å². The highest BCUT2D eigenvalue weighted by Crippen LogP contribution is 2.53. The summed E-state index contributed by atoms with van der Waals surface area (Å²) in [5.74, 6) is 0. The molecular formula is C57H43N. The molecule has 0 spiro atoms. The van der Waals surface area contributed by atoms with E-state index in [4.69, 9.17) is 0 Å². The molecule has 0 fully saturated rings. The van der Waals surface area contributed by atoms with Crippen LogP contribution in [0.5, 0.6) is 0 Å². The first kappa shape index (κ1) is 35.2. The Balaban J connectivity index is 1.27. The Morgan fingerprint density at radius 3 is 1.41 bits per heavy atom. The maximum atomic E-state index is 2.50. The van der Waals surface area contributed by atoms with Crippen LogP contribution < -0.4 is 4.90 Å². The monoisotopic (exact) mass is 741 g/mol. The Kier molecular flexibility index (Phi) is 8.92. The highest BCUT2D eigenvalue weighted by molar-refractivity contribution is 6.03. The summed E-state index contributed by atoms with van der Waals surface area (Å²) in [4.78, 5) is 2.50. The quantitative estimate of drug-likeness (QED) is 0.150. The van der Waals surface area contributed by atoms with Gasteiger partial charge in [-0.05, 0) is 91.0 Å². The summed E-state index contributed by atoms with van der Waals surface area (Å²) in [6, 6.07) is 81.9. The Bertz CT molecular complexity index is 2910. The summed E-state index contributed by atoms with van der Waals surface area (Å²) in [6.45, 7) is 4.71. The van der Waals surface area contributed by atoms with Crippen molar-refractivity contribution >= 4 is 17.1 Å². The predicted molar refractivity (Wildman–Crippen MR) is 246 cm³/mol. The smallest absolute Gasteiger partial charge is 0.0546 e. The van der Waals surface area contributed by atoms with Crippen molar-refractivity contribution in [3.63, 3.8) is 0 Å². The average molecular weight is 742 g/mol. The molecule has 10 rings (SSSR count). The number of rotatable bonds is 8. The van der Waals surface area contributed by atoms with Crippen molar-refractivity contribution in [1.82, 2.24) is 0 Å². The minimum Gasteiger partial charge on any atom is -0.309 e. The van der Waals surface area contributed by atoms with E-state index in [1.54, 1.807) is 0 Å². The largest absolute Gasteiger partial charge is 0.309 e. The van der Waals surface area contributed by atoms with Crippen LogP contribution in [0.15, 0.2) is 224 Å². The van der Waals surface area contributed by atoms with E-state index in [1.165, 1.54) is 72.3 Å². The van der Waals surface area contributed by atoms with Crippen LogP contribution in [0.2, 0.25) is 0 Å². The number of anilines is 3. The molecule has 0 amide bonds. The first-order valence-corrected chi connectivity index (χ1v) is 20.2. The molecule has 0 aliphatic heterocycles. The Labute approximate surface area is 342 Å². The van der Waals surface area contributed by atoms with Crippen molar-refractivity contribution in [2.45, 2.75) is 19.3 Å². The van der Waals surface area contributed by atoms with Gasteiger partial charge in [0, 0.05) is 22.2 Å². The molecule has 0 aromatic heterocycles. The Morgan fingerprint density at radius 1 is 0.293 bits per heavy atom. The van der Waals surface area contributed by atoms with E-state index in [0.29, 0.717) is 0 Å². The Hall–Kier alpha value is -7.22.